The Bertz CT molecular complexity index is 1070. The van der Waals surface area contributed by atoms with E-state index in [-0.39, 0.29) is 0 Å². The van der Waals surface area contributed by atoms with Gasteiger partial charge in [-0.3, -0.25) is 0 Å². The third-order valence-electron chi connectivity index (χ3n) is 4.96. The van der Waals surface area contributed by atoms with Crippen molar-refractivity contribution < 1.29 is 0 Å². The van der Waals surface area contributed by atoms with Gasteiger partial charge >= 0.3 is 0 Å². The predicted molar refractivity (Wildman–Crippen MR) is 126 cm³/mol. The fourth-order valence-corrected chi connectivity index (χ4v) is 6.07. The van der Waals surface area contributed by atoms with Crippen LogP contribution in [-0.4, -0.2) is 0 Å². The average Bonchev–Trinajstić information content (AvgIpc) is 3.09. The van der Waals surface area contributed by atoms with Crippen molar-refractivity contribution >= 4 is 29.6 Å². The van der Waals surface area contributed by atoms with Crippen molar-refractivity contribution in [2.24, 2.45) is 0 Å². The molecular weight excluding hydrogens is 390 g/mol. The molecule has 0 bridgehead atoms. The summed E-state index contributed by atoms with van der Waals surface area (Å²) in [6.07, 6.45) is 2.21. The maximum atomic E-state index is 10.3. The van der Waals surface area contributed by atoms with Gasteiger partial charge in [-0.1, -0.05) is 121 Å². The van der Waals surface area contributed by atoms with Crippen molar-refractivity contribution in [1.82, 2.24) is 0 Å². The number of hydrogen-bond acceptors (Lipinski definition) is 3. The van der Waals surface area contributed by atoms with Crippen LogP contribution >= 0.6 is 23.5 Å². The zero-order valence-corrected chi connectivity index (χ0v) is 17.4. The first kappa shape index (κ1) is 19.4. The fourth-order valence-electron chi connectivity index (χ4n) is 3.75. The van der Waals surface area contributed by atoms with Gasteiger partial charge < -0.3 is 0 Å². The summed E-state index contributed by atoms with van der Waals surface area (Å²) in [4.78, 5) is 1.13. The third-order valence-corrected chi connectivity index (χ3v) is 7.12. The van der Waals surface area contributed by atoms with Crippen LogP contribution < -0.4 is 0 Å². The third kappa shape index (κ3) is 3.46. The molecule has 0 spiro atoms. The van der Waals surface area contributed by atoms with Gasteiger partial charge in [0.1, 0.15) is 0 Å². The van der Waals surface area contributed by atoms with Gasteiger partial charge in [0.15, 0.2) is 0 Å². The van der Waals surface area contributed by atoms with Crippen LogP contribution in [0.2, 0.25) is 0 Å². The first-order valence-corrected chi connectivity index (χ1v) is 11.0. The molecule has 0 N–H and O–H groups in total. The first-order chi connectivity index (χ1) is 14.3. The van der Waals surface area contributed by atoms with Gasteiger partial charge in [-0.15, -0.1) is 0 Å². The molecule has 0 aromatic heterocycles. The lowest BCUT2D eigenvalue weighted by Crippen LogP contribution is -2.28. The quantitative estimate of drug-likeness (QED) is 0.439. The van der Waals surface area contributed by atoms with Crippen LogP contribution in [0.5, 0.6) is 0 Å². The predicted octanol–water partition coefficient (Wildman–Crippen LogP) is 7.37. The Kier molecular flexibility index (Phi) is 5.76. The minimum atomic E-state index is -0.636. The molecular formula is C26H19NS2. The number of allylic oxidation sites excluding steroid dienone is 2. The molecule has 0 unspecified atom stereocenters. The molecule has 0 radical (unpaired) electrons. The molecule has 1 aliphatic rings. The average molecular weight is 410 g/mol. The summed E-state index contributed by atoms with van der Waals surface area (Å²) in [5.41, 5.74) is 3.43. The van der Waals surface area contributed by atoms with Gasteiger partial charge in [-0.2, -0.15) is 5.26 Å². The van der Waals surface area contributed by atoms with E-state index in [9.17, 15) is 5.26 Å². The van der Waals surface area contributed by atoms with Crippen molar-refractivity contribution in [3.63, 3.8) is 0 Å². The van der Waals surface area contributed by atoms with E-state index >= 15 is 0 Å². The number of benzene rings is 3. The highest BCUT2D eigenvalue weighted by Gasteiger charge is 2.49. The molecule has 3 aromatic carbocycles. The fraction of sp³-hybridized carbons (Fsp3) is 0.0385. The standard InChI is InChI=1S/C26H19NS2/c1-2-28-25-23(19-27)26(21-14-8-4-9-15-21,22-16-10-5-11-17-22)24(29-25)18-20-12-6-3-7-13-20/h2-18H,1H2/b24-18-. The van der Waals surface area contributed by atoms with E-state index in [2.05, 4.69) is 55.1 Å². The Morgan fingerprint density at radius 3 is 1.83 bits per heavy atom. The minimum Gasteiger partial charge on any atom is -0.193 e. The lowest BCUT2D eigenvalue weighted by Gasteiger charge is -2.32. The molecule has 0 amide bonds. The number of nitrogens with zero attached hydrogens (tertiary/aromatic N) is 1. The molecule has 3 heteroatoms. The maximum Gasteiger partial charge on any atom is 0.0981 e. The molecule has 0 atom stereocenters. The van der Waals surface area contributed by atoms with Gasteiger partial charge in [0.2, 0.25) is 0 Å². The van der Waals surface area contributed by atoms with Crippen molar-refractivity contribution in [1.29, 1.82) is 5.26 Å². The van der Waals surface area contributed by atoms with Crippen molar-refractivity contribution in [3.05, 3.63) is 134 Å². The molecule has 1 aliphatic heterocycles. The van der Waals surface area contributed by atoms with Crippen LogP contribution in [0.4, 0.5) is 0 Å². The maximum absolute atomic E-state index is 10.3. The lowest BCUT2D eigenvalue weighted by molar-refractivity contribution is 0.781. The normalized spacial score (nSPS) is 16.6. The van der Waals surface area contributed by atoms with E-state index in [1.807, 2.05) is 54.6 Å². The summed E-state index contributed by atoms with van der Waals surface area (Å²) in [7, 11) is 0. The van der Waals surface area contributed by atoms with Crippen LogP contribution in [0.15, 0.2) is 118 Å². The van der Waals surface area contributed by atoms with E-state index < -0.39 is 5.41 Å². The molecule has 0 aliphatic carbocycles. The summed E-state index contributed by atoms with van der Waals surface area (Å²) in [6.45, 7) is 3.88. The summed E-state index contributed by atoms with van der Waals surface area (Å²) >= 11 is 3.19. The second-order valence-corrected chi connectivity index (χ2v) is 8.85. The smallest absolute Gasteiger partial charge is 0.0981 e. The van der Waals surface area contributed by atoms with Crippen LogP contribution in [0, 0.1) is 11.3 Å². The SMILES string of the molecule is C=CSC1=C(C#N)C(c2ccccc2)(c2ccccc2)/C(=C/c2ccccc2)S1. The molecule has 0 fully saturated rings. The van der Waals surface area contributed by atoms with Gasteiger partial charge in [0.25, 0.3) is 0 Å². The number of rotatable bonds is 5. The van der Waals surface area contributed by atoms with Crippen LogP contribution in [-0.2, 0) is 5.41 Å². The Morgan fingerprint density at radius 1 is 0.828 bits per heavy atom. The van der Waals surface area contributed by atoms with E-state index in [4.69, 9.17) is 0 Å². The van der Waals surface area contributed by atoms with Crippen LogP contribution in [0.3, 0.4) is 0 Å². The molecule has 4 rings (SSSR count). The molecule has 1 heterocycles. The molecule has 29 heavy (non-hydrogen) atoms. The zero-order chi connectivity index (χ0) is 20.1. The highest BCUT2D eigenvalue weighted by Crippen LogP contribution is 2.61. The van der Waals surface area contributed by atoms with E-state index in [1.165, 1.54) is 11.8 Å². The Balaban J connectivity index is 2.08. The number of hydrogen-bond donors (Lipinski definition) is 0. The van der Waals surface area contributed by atoms with E-state index in [0.717, 1.165) is 31.4 Å². The van der Waals surface area contributed by atoms with E-state index in [0.29, 0.717) is 0 Å². The highest BCUT2D eigenvalue weighted by molar-refractivity contribution is 8.25. The molecule has 1 nitrogen and oxygen atoms in total. The molecule has 0 saturated heterocycles. The van der Waals surface area contributed by atoms with Crippen molar-refractivity contribution in [2.45, 2.75) is 5.41 Å². The zero-order valence-electron chi connectivity index (χ0n) is 15.8. The second kappa shape index (κ2) is 8.61. The Hall–Kier alpha value is -2.93. The van der Waals surface area contributed by atoms with Gasteiger partial charge in [0.05, 0.1) is 21.3 Å². The van der Waals surface area contributed by atoms with Crippen LogP contribution in [0.25, 0.3) is 6.08 Å². The van der Waals surface area contributed by atoms with Crippen molar-refractivity contribution in [3.8, 4) is 6.07 Å². The van der Waals surface area contributed by atoms with Crippen LogP contribution in [0.1, 0.15) is 16.7 Å². The second-order valence-electron chi connectivity index (χ2n) is 6.56. The highest BCUT2D eigenvalue weighted by atomic mass is 32.2. The monoisotopic (exact) mass is 409 g/mol. The van der Waals surface area contributed by atoms with E-state index in [1.54, 1.807) is 17.2 Å². The first-order valence-electron chi connectivity index (χ1n) is 9.29. The minimum absolute atomic E-state index is 0.636. The number of nitriles is 1. The Morgan fingerprint density at radius 2 is 1.34 bits per heavy atom. The van der Waals surface area contributed by atoms with Crippen molar-refractivity contribution in [2.75, 3.05) is 0 Å². The topological polar surface area (TPSA) is 23.8 Å². The van der Waals surface area contributed by atoms with Gasteiger partial charge in [0, 0.05) is 4.91 Å². The summed E-state index contributed by atoms with van der Waals surface area (Å²) in [6, 6.07) is 33.5. The molecule has 140 valence electrons. The summed E-state index contributed by atoms with van der Waals surface area (Å²) in [5, 5.41) is 12.1. The lowest BCUT2D eigenvalue weighted by atomic mass is 9.69. The molecule has 3 aromatic rings. The number of thioether (sulfide) groups is 2. The summed E-state index contributed by atoms with van der Waals surface area (Å²) in [5.74, 6) is 0. The largest absolute Gasteiger partial charge is 0.193 e. The van der Waals surface area contributed by atoms with Gasteiger partial charge in [-0.25, -0.2) is 0 Å². The Labute approximate surface area is 180 Å². The van der Waals surface area contributed by atoms with Gasteiger partial charge in [-0.05, 0) is 28.2 Å². The summed E-state index contributed by atoms with van der Waals surface area (Å²) < 4.78 is 0.984. The molecule has 0 saturated carbocycles.